The second kappa shape index (κ2) is 16.9. The fourth-order valence-corrected chi connectivity index (χ4v) is 7.35. The molecule has 3 rings (SSSR count). The number of nitrogens with one attached hydrogen (secondary N) is 4. The smallest absolute Gasteiger partial charge is 0.337 e. The Hall–Kier alpha value is -3.86. The van der Waals surface area contributed by atoms with Crippen LogP contribution in [0.5, 0.6) is 0 Å². The number of hydrogen-bond acceptors (Lipinski definition) is 8. The monoisotopic (exact) mass is 784 g/mol. The Morgan fingerprint density at radius 2 is 1.57 bits per heavy atom. The van der Waals surface area contributed by atoms with Crippen LogP contribution in [0.25, 0.3) is 0 Å². The average molecular weight is 785 g/mol. The highest BCUT2D eigenvalue weighted by atomic mass is 32.2. The molecule has 0 aromatic heterocycles. The van der Waals surface area contributed by atoms with E-state index >= 15 is 0 Å². The first kappa shape index (κ1) is 44.5. The first-order valence-corrected chi connectivity index (χ1v) is 19.9. The largest absolute Gasteiger partial charge is 0.465 e. The lowest BCUT2D eigenvalue weighted by atomic mass is 9.85. The predicted molar refractivity (Wildman–Crippen MR) is 199 cm³/mol. The van der Waals surface area contributed by atoms with E-state index in [-0.39, 0.29) is 36.9 Å². The van der Waals surface area contributed by atoms with Gasteiger partial charge in [-0.2, -0.15) is 0 Å². The third kappa shape index (κ3) is 11.1. The Morgan fingerprint density at radius 1 is 0.981 bits per heavy atom. The van der Waals surface area contributed by atoms with Crippen LogP contribution in [0.1, 0.15) is 77.7 Å². The van der Waals surface area contributed by atoms with Gasteiger partial charge in [-0.15, -0.1) is 0 Å². The van der Waals surface area contributed by atoms with Crippen molar-refractivity contribution in [1.82, 2.24) is 30.5 Å². The number of methoxy groups -OCH3 is 1. The van der Waals surface area contributed by atoms with E-state index in [1.54, 1.807) is 45.0 Å². The molecule has 1 saturated heterocycles. The number of alkyl halides is 2. The Morgan fingerprint density at radius 3 is 2.07 bits per heavy atom. The lowest BCUT2D eigenvalue weighted by Crippen LogP contribution is -2.62. The van der Waals surface area contributed by atoms with Crippen molar-refractivity contribution in [3.8, 4) is 0 Å². The number of piperidine rings is 1. The molecule has 1 heterocycles. The van der Waals surface area contributed by atoms with Gasteiger partial charge in [0.15, 0.2) is 0 Å². The van der Waals surface area contributed by atoms with E-state index in [1.165, 1.54) is 19.1 Å². The molecule has 1 aliphatic heterocycles. The number of likely N-dealkylation sites (N-methyl/N-ethyl adjacent to an activating group) is 1. The minimum Gasteiger partial charge on any atom is -0.465 e. The second-order valence-electron chi connectivity index (χ2n) is 17.2. The Labute approximate surface area is 317 Å². The van der Waals surface area contributed by atoms with E-state index in [0.717, 1.165) is 16.1 Å². The maximum absolute atomic E-state index is 14.4. The molecular formula is C37H58F2N6O8S. The molecule has 0 radical (unpaired) electrons. The number of carbonyl (C=O) groups is 5. The summed E-state index contributed by atoms with van der Waals surface area (Å²) < 4.78 is 57.5. The fourth-order valence-electron chi connectivity index (χ4n) is 6.93. The van der Waals surface area contributed by atoms with Gasteiger partial charge in [0.2, 0.25) is 34.2 Å². The summed E-state index contributed by atoms with van der Waals surface area (Å²) in [7, 11) is -0.873. The van der Waals surface area contributed by atoms with Crippen LogP contribution >= 0.6 is 0 Å². The van der Waals surface area contributed by atoms with E-state index in [4.69, 9.17) is 0 Å². The number of carbonyl (C=O) groups excluding carboxylic acids is 5. The number of benzene rings is 1. The highest BCUT2D eigenvalue weighted by molar-refractivity contribution is 7.88. The highest BCUT2D eigenvalue weighted by Crippen LogP contribution is 2.65. The van der Waals surface area contributed by atoms with Crippen molar-refractivity contribution in [1.29, 1.82) is 0 Å². The van der Waals surface area contributed by atoms with Crippen molar-refractivity contribution in [2.45, 2.75) is 98.8 Å². The number of ether oxygens (including phenoxy) is 1. The molecule has 2 aliphatic rings. The number of urea groups is 1. The average Bonchev–Trinajstić information content (AvgIpc) is 3.35. The standard InChI is InChI=1S/C37H58F2N6O8S/c1-35(2,3)25(20-44(9)54(11,51)52)42-34(50)43-29(36(4,5)6)32(48)45-19-23-27(37(23,7)8)28(45)31(47)41-24(18-26(38)39)30(46)40-17-16-21-12-14-22(15-13-21)33(49)53-10/h12-15,23-29H,16-20H2,1-11H3,(H,40,46)(H,41,47)(H2,42,43,50)/t23-,24?,25+,27-,28-,29+/m0/s1. The number of rotatable bonds is 15. The van der Waals surface area contributed by atoms with Gasteiger partial charge in [0, 0.05) is 39.1 Å². The number of fused-ring (bicyclic) bond motifs is 1. The molecule has 6 atom stereocenters. The van der Waals surface area contributed by atoms with E-state index in [0.29, 0.717) is 12.0 Å². The minimum absolute atomic E-state index is 0.0196. The Kier molecular flexibility index (Phi) is 13.9. The zero-order valence-corrected chi connectivity index (χ0v) is 34.0. The molecule has 2 fully saturated rings. The molecular weight excluding hydrogens is 727 g/mol. The summed E-state index contributed by atoms with van der Waals surface area (Å²) in [4.78, 5) is 68.1. The van der Waals surface area contributed by atoms with Crippen LogP contribution in [0.15, 0.2) is 24.3 Å². The van der Waals surface area contributed by atoms with Crippen LogP contribution in [-0.2, 0) is 35.6 Å². The van der Waals surface area contributed by atoms with Gasteiger partial charge in [-0.05, 0) is 52.2 Å². The molecule has 1 saturated carbocycles. The van der Waals surface area contributed by atoms with E-state index in [9.17, 15) is 41.2 Å². The summed E-state index contributed by atoms with van der Waals surface area (Å²) >= 11 is 0. The summed E-state index contributed by atoms with van der Waals surface area (Å²) in [6.45, 7) is 14.9. The first-order valence-electron chi connectivity index (χ1n) is 18.0. The number of esters is 1. The molecule has 54 heavy (non-hydrogen) atoms. The van der Waals surface area contributed by atoms with Crippen LogP contribution < -0.4 is 21.3 Å². The van der Waals surface area contributed by atoms with Crippen LogP contribution in [0, 0.1) is 28.1 Å². The van der Waals surface area contributed by atoms with Gasteiger partial charge in [-0.3, -0.25) is 14.4 Å². The maximum Gasteiger partial charge on any atom is 0.337 e. The van der Waals surface area contributed by atoms with E-state index < -0.39 is 87.6 Å². The third-order valence-electron chi connectivity index (χ3n) is 10.6. The maximum atomic E-state index is 14.4. The summed E-state index contributed by atoms with van der Waals surface area (Å²) in [6, 6.07) is 1.35. The number of amides is 5. The van der Waals surface area contributed by atoms with Crippen LogP contribution in [0.4, 0.5) is 13.6 Å². The number of hydrogen-bond donors (Lipinski definition) is 4. The molecule has 0 spiro atoms. The molecule has 0 bridgehead atoms. The number of likely N-dealkylation sites (tertiary alicyclic amines) is 1. The summed E-state index contributed by atoms with van der Waals surface area (Å²) in [5.74, 6) is -2.98. The van der Waals surface area contributed by atoms with Gasteiger partial charge in [-0.1, -0.05) is 67.5 Å². The summed E-state index contributed by atoms with van der Waals surface area (Å²) in [6.07, 6.45) is -2.47. The van der Waals surface area contributed by atoms with Crippen LogP contribution in [0.3, 0.4) is 0 Å². The number of halogens is 2. The normalized spacial score (nSPS) is 21.1. The van der Waals surface area contributed by atoms with Crippen molar-refractivity contribution < 1.29 is 45.9 Å². The SMILES string of the molecule is COC(=O)c1ccc(CCNC(=O)C(CC(F)F)NC(=O)[C@@H]2[C@@H]3[C@H](CN2C(=O)[C@@H](NC(=O)N[C@H](CN(C)S(C)(=O)=O)C(C)(C)C)C(C)(C)C)C3(C)C)cc1. The van der Waals surface area contributed by atoms with E-state index in [2.05, 4.69) is 26.0 Å². The van der Waals surface area contributed by atoms with Gasteiger partial charge in [0.05, 0.1) is 18.9 Å². The molecule has 1 aromatic carbocycles. The molecule has 1 aliphatic carbocycles. The highest BCUT2D eigenvalue weighted by Gasteiger charge is 2.70. The Balaban J connectivity index is 1.77. The fraction of sp³-hybridized carbons (Fsp3) is 0.703. The van der Waals surface area contributed by atoms with Gasteiger partial charge in [0.1, 0.15) is 18.1 Å². The van der Waals surface area contributed by atoms with Crippen molar-refractivity contribution in [2.75, 3.05) is 40.0 Å². The van der Waals surface area contributed by atoms with Crippen molar-refractivity contribution in [2.24, 2.45) is 28.1 Å². The lowest BCUT2D eigenvalue weighted by molar-refractivity contribution is -0.144. The van der Waals surface area contributed by atoms with Crippen LogP contribution in [0.2, 0.25) is 0 Å². The summed E-state index contributed by atoms with van der Waals surface area (Å²) in [5, 5.41) is 10.7. The number of nitrogens with zero attached hydrogens (tertiary/aromatic N) is 2. The van der Waals surface area contributed by atoms with Crippen molar-refractivity contribution >= 4 is 39.7 Å². The van der Waals surface area contributed by atoms with Gasteiger partial charge in [0.25, 0.3) is 0 Å². The lowest BCUT2D eigenvalue weighted by Gasteiger charge is -2.39. The first-order chi connectivity index (χ1) is 24.7. The van der Waals surface area contributed by atoms with Crippen LogP contribution in [-0.4, -0.2) is 118 Å². The predicted octanol–water partition coefficient (Wildman–Crippen LogP) is 2.77. The number of sulfonamides is 1. The molecule has 304 valence electrons. The molecule has 1 aromatic rings. The third-order valence-corrected chi connectivity index (χ3v) is 11.9. The molecule has 4 N–H and O–H groups in total. The molecule has 14 nitrogen and oxygen atoms in total. The zero-order chi connectivity index (χ0) is 41.1. The molecule has 5 amide bonds. The minimum atomic E-state index is -3.55. The van der Waals surface area contributed by atoms with Crippen molar-refractivity contribution in [3.63, 3.8) is 0 Å². The zero-order valence-electron chi connectivity index (χ0n) is 33.2. The van der Waals surface area contributed by atoms with Gasteiger partial charge >= 0.3 is 12.0 Å². The Bertz CT molecular complexity index is 1660. The topological polar surface area (TPSA) is 183 Å². The van der Waals surface area contributed by atoms with E-state index in [1.807, 2.05) is 34.6 Å². The molecule has 1 unspecified atom stereocenters. The summed E-state index contributed by atoms with van der Waals surface area (Å²) in [5.41, 5.74) is -0.638. The second-order valence-corrected chi connectivity index (χ2v) is 19.3. The molecule has 17 heteroatoms. The van der Waals surface area contributed by atoms with Gasteiger partial charge < -0.3 is 30.9 Å². The van der Waals surface area contributed by atoms with Gasteiger partial charge in [-0.25, -0.2) is 31.1 Å². The quantitative estimate of drug-likeness (QED) is 0.196. The van der Waals surface area contributed by atoms with Crippen molar-refractivity contribution in [3.05, 3.63) is 35.4 Å².